The zero-order valence-electron chi connectivity index (χ0n) is 21.2. The second-order valence-electron chi connectivity index (χ2n) is 10.4. The number of pyridine rings is 1. The van der Waals surface area contributed by atoms with Gasteiger partial charge in [-0.2, -0.15) is 13.2 Å². The van der Waals surface area contributed by atoms with Gasteiger partial charge >= 0.3 is 6.18 Å². The standard InChI is InChI=1S/C27H26ClF3N6OS/c1-14-35-36-21-13-33-23(19-5-3-4-7-26(19,2)28)22-18-9-15(10-20(18)39-25(22)37(14)21)24(38)34-12-17-11-16(6-8-32-17)27(29,30)31/h3-8,11,15,19,23,33H,9-10,12-13H2,1-2H3,(H,34,38)/t15-,19?,23-,26?/m0/s1. The number of amides is 1. The van der Waals surface area contributed by atoms with Crippen LogP contribution in [0.15, 0.2) is 42.6 Å². The van der Waals surface area contributed by atoms with E-state index in [0.29, 0.717) is 19.4 Å². The Morgan fingerprint density at radius 2 is 2.13 bits per heavy atom. The summed E-state index contributed by atoms with van der Waals surface area (Å²) in [6, 6.07) is 1.78. The molecule has 0 saturated carbocycles. The number of hydrogen-bond donors (Lipinski definition) is 2. The number of carbonyl (C=O) groups excluding carboxylic acids is 1. The molecule has 39 heavy (non-hydrogen) atoms. The third-order valence-electron chi connectivity index (χ3n) is 7.70. The molecule has 1 aliphatic heterocycles. The smallest absolute Gasteiger partial charge is 0.350 e. The Hall–Kier alpha value is -3.02. The number of rotatable bonds is 4. The molecule has 2 N–H and O–H groups in total. The predicted octanol–water partition coefficient (Wildman–Crippen LogP) is 4.97. The number of aryl methyl sites for hydroxylation is 1. The number of aromatic nitrogens is 4. The Morgan fingerprint density at radius 3 is 2.90 bits per heavy atom. The Labute approximate surface area is 232 Å². The largest absolute Gasteiger partial charge is 0.416 e. The number of allylic oxidation sites excluding steroid dienone is 3. The van der Waals surface area contributed by atoms with Crippen LogP contribution in [-0.4, -0.2) is 30.5 Å². The van der Waals surface area contributed by atoms with Gasteiger partial charge in [0, 0.05) is 34.5 Å². The topological polar surface area (TPSA) is 84.7 Å². The Morgan fingerprint density at radius 1 is 1.31 bits per heavy atom. The molecule has 2 unspecified atom stereocenters. The van der Waals surface area contributed by atoms with Crippen molar-refractivity contribution in [3.8, 4) is 5.00 Å². The van der Waals surface area contributed by atoms with Crippen LogP contribution in [0, 0.1) is 18.8 Å². The molecule has 4 atom stereocenters. The van der Waals surface area contributed by atoms with Crippen molar-refractivity contribution in [1.82, 2.24) is 30.4 Å². The van der Waals surface area contributed by atoms with Crippen LogP contribution in [0.1, 0.15) is 51.9 Å². The van der Waals surface area contributed by atoms with Crippen molar-refractivity contribution < 1.29 is 18.0 Å². The molecule has 4 heterocycles. The minimum atomic E-state index is -4.46. The average molecular weight is 575 g/mol. The van der Waals surface area contributed by atoms with Crippen molar-refractivity contribution in [2.24, 2.45) is 11.8 Å². The fourth-order valence-corrected chi connectivity index (χ4v) is 7.54. The maximum atomic E-state index is 13.2. The normalized spacial score (nSPS) is 25.6. The van der Waals surface area contributed by atoms with E-state index < -0.39 is 16.6 Å². The minimum Gasteiger partial charge on any atom is -0.350 e. The van der Waals surface area contributed by atoms with Gasteiger partial charge in [-0.05, 0) is 44.4 Å². The first-order valence-corrected chi connectivity index (χ1v) is 13.9. The summed E-state index contributed by atoms with van der Waals surface area (Å²) in [5, 5.41) is 16.2. The van der Waals surface area contributed by atoms with Crippen LogP contribution >= 0.6 is 22.9 Å². The van der Waals surface area contributed by atoms with Crippen molar-refractivity contribution >= 4 is 28.8 Å². The predicted molar refractivity (Wildman–Crippen MR) is 142 cm³/mol. The molecule has 6 rings (SSSR count). The lowest BCUT2D eigenvalue weighted by molar-refractivity contribution is -0.137. The molecular weight excluding hydrogens is 549 g/mol. The first kappa shape index (κ1) is 26.2. The molecule has 0 fully saturated rings. The van der Waals surface area contributed by atoms with Crippen LogP contribution in [0.3, 0.4) is 0 Å². The number of nitrogens with one attached hydrogen (secondary N) is 2. The van der Waals surface area contributed by atoms with Gasteiger partial charge in [0.1, 0.15) is 10.8 Å². The second-order valence-corrected chi connectivity index (χ2v) is 12.3. The highest BCUT2D eigenvalue weighted by molar-refractivity contribution is 7.15. The minimum absolute atomic E-state index is 0.0423. The summed E-state index contributed by atoms with van der Waals surface area (Å²) in [4.78, 5) is 17.7. The Bertz CT molecular complexity index is 1510. The van der Waals surface area contributed by atoms with E-state index in [-0.39, 0.29) is 36.0 Å². The third kappa shape index (κ3) is 4.70. The molecule has 3 aromatic heterocycles. The lowest BCUT2D eigenvalue weighted by atomic mass is 9.79. The quantitative estimate of drug-likeness (QED) is 0.430. The van der Waals surface area contributed by atoms with E-state index >= 15 is 0 Å². The summed E-state index contributed by atoms with van der Waals surface area (Å²) in [6.07, 6.45) is 5.82. The van der Waals surface area contributed by atoms with E-state index in [0.717, 1.165) is 51.0 Å². The van der Waals surface area contributed by atoms with Crippen molar-refractivity contribution in [2.75, 3.05) is 0 Å². The summed E-state index contributed by atoms with van der Waals surface area (Å²) in [6.45, 7) is 4.39. The number of hydrogen-bond acceptors (Lipinski definition) is 6. The number of alkyl halides is 4. The summed E-state index contributed by atoms with van der Waals surface area (Å²) in [5.41, 5.74) is 1.62. The van der Waals surface area contributed by atoms with Gasteiger partial charge in [-0.1, -0.05) is 24.3 Å². The van der Waals surface area contributed by atoms with Crippen molar-refractivity contribution in [3.63, 3.8) is 0 Å². The molecule has 7 nitrogen and oxygen atoms in total. The molecule has 204 valence electrons. The van der Waals surface area contributed by atoms with E-state index in [9.17, 15) is 18.0 Å². The van der Waals surface area contributed by atoms with Gasteiger partial charge in [0.15, 0.2) is 5.82 Å². The first-order valence-electron chi connectivity index (χ1n) is 12.7. The molecule has 0 radical (unpaired) electrons. The highest BCUT2D eigenvalue weighted by atomic mass is 35.5. The fraction of sp³-hybridized carbons (Fsp3) is 0.407. The van der Waals surface area contributed by atoms with E-state index in [4.69, 9.17) is 11.6 Å². The lowest BCUT2D eigenvalue weighted by Gasteiger charge is -2.36. The molecule has 0 saturated heterocycles. The van der Waals surface area contributed by atoms with Crippen molar-refractivity contribution in [1.29, 1.82) is 0 Å². The van der Waals surface area contributed by atoms with Gasteiger partial charge in [-0.3, -0.25) is 14.3 Å². The third-order valence-corrected chi connectivity index (χ3v) is 9.33. The van der Waals surface area contributed by atoms with Gasteiger partial charge in [0.2, 0.25) is 5.91 Å². The molecule has 2 aliphatic carbocycles. The lowest BCUT2D eigenvalue weighted by Crippen LogP contribution is -2.38. The highest BCUT2D eigenvalue weighted by Gasteiger charge is 2.43. The van der Waals surface area contributed by atoms with E-state index in [1.807, 2.05) is 32.1 Å². The number of carbonyl (C=O) groups is 1. The van der Waals surface area contributed by atoms with Crippen LogP contribution in [0.5, 0.6) is 0 Å². The Kier molecular flexibility index (Phi) is 6.43. The highest BCUT2D eigenvalue weighted by Crippen LogP contribution is 2.49. The molecule has 1 amide bonds. The second kappa shape index (κ2) is 9.57. The monoisotopic (exact) mass is 574 g/mol. The SMILES string of the molecule is Cc1nnc2n1-c1sc3c(c1[C@H](C1C=CC=CC1(C)Cl)NC2)C[C@H](C(=O)NCc1cc(C(F)(F)F)ccn1)C3. The molecular formula is C27H26ClF3N6OS. The van der Waals surface area contributed by atoms with Crippen LogP contribution < -0.4 is 10.6 Å². The summed E-state index contributed by atoms with van der Waals surface area (Å²) < 4.78 is 41.3. The molecule has 3 aromatic rings. The first-order chi connectivity index (χ1) is 18.5. The van der Waals surface area contributed by atoms with Crippen molar-refractivity contribution in [2.45, 2.75) is 56.9 Å². The molecule has 0 aromatic carbocycles. The summed E-state index contributed by atoms with van der Waals surface area (Å²) in [7, 11) is 0. The summed E-state index contributed by atoms with van der Waals surface area (Å²) >= 11 is 8.64. The number of halogens is 4. The zero-order valence-corrected chi connectivity index (χ0v) is 22.8. The fourth-order valence-electron chi connectivity index (χ4n) is 5.75. The van der Waals surface area contributed by atoms with E-state index in [2.05, 4.69) is 36.5 Å². The van der Waals surface area contributed by atoms with Crippen molar-refractivity contribution in [3.05, 3.63) is 81.5 Å². The average Bonchev–Trinajstić information content (AvgIpc) is 3.53. The molecule has 0 bridgehead atoms. The van der Waals surface area contributed by atoms with Gasteiger partial charge in [0.05, 0.1) is 29.2 Å². The summed E-state index contributed by atoms with van der Waals surface area (Å²) in [5.74, 6) is 1.06. The maximum absolute atomic E-state index is 13.2. The van der Waals surface area contributed by atoms with Crippen LogP contribution in [-0.2, 0) is 36.9 Å². The van der Waals surface area contributed by atoms with Gasteiger partial charge in [-0.25, -0.2) is 0 Å². The maximum Gasteiger partial charge on any atom is 0.416 e. The Balaban J connectivity index is 1.28. The number of fused-ring (bicyclic) bond motifs is 5. The van der Waals surface area contributed by atoms with E-state index in [1.54, 1.807) is 11.3 Å². The van der Waals surface area contributed by atoms with Gasteiger partial charge in [-0.15, -0.1) is 33.1 Å². The number of thiophene rings is 1. The van der Waals surface area contributed by atoms with Crippen LogP contribution in [0.25, 0.3) is 5.00 Å². The zero-order chi connectivity index (χ0) is 27.5. The van der Waals surface area contributed by atoms with Crippen LogP contribution in [0.4, 0.5) is 13.2 Å². The van der Waals surface area contributed by atoms with Crippen LogP contribution in [0.2, 0.25) is 0 Å². The van der Waals surface area contributed by atoms with Gasteiger partial charge in [0.25, 0.3) is 0 Å². The molecule has 0 spiro atoms. The number of nitrogens with zero attached hydrogens (tertiary/aromatic N) is 4. The molecule has 12 heteroatoms. The van der Waals surface area contributed by atoms with Gasteiger partial charge < -0.3 is 10.6 Å². The van der Waals surface area contributed by atoms with E-state index in [1.165, 1.54) is 0 Å². The molecule has 3 aliphatic rings.